The molecule has 8 nitrogen and oxygen atoms in total. The number of ketones is 1. The molecule has 1 amide bonds. The summed E-state index contributed by atoms with van der Waals surface area (Å²) in [5.41, 5.74) is 2.49. The Kier molecular flexibility index (Phi) is 10.5. The number of methoxy groups -OCH3 is 1. The van der Waals surface area contributed by atoms with Crippen molar-refractivity contribution in [2.24, 2.45) is 13.0 Å². The molecule has 210 valence electrons. The minimum absolute atomic E-state index is 0.179. The minimum atomic E-state index is -0.819. The van der Waals surface area contributed by atoms with Gasteiger partial charge in [-0.3, -0.25) is 10.1 Å². The van der Waals surface area contributed by atoms with Gasteiger partial charge in [-0.1, -0.05) is 39.3 Å². The molecule has 2 atom stereocenters. The van der Waals surface area contributed by atoms with E-state index < -0.39 is 23.4 Å². The molecule has 0 bridgehead atoms. The van der Waals surface area contributed by atoms with Gasteiger partial charge < -0.3 is 18.8 Å². The van der Waals surface area contributed by atoms with Crippen LogP contribution < -0.4 is 10.9 Å². The number of aryl methyl sites for hydroxylation is 3. The number of nitrogens with zero attached hydrogens (tertiary/aromatic N) is 1. The molecule has 8 heteroatoms. The van der Waals surface area contributed by atoms with Crippen molar-refractivity contribution in [3.05, 3.63) is 75.6 Å². The lowest BCUT2D eigenvalue weighted by Gasteiger charge is -2.13. The number of hydrogen-bond donors (Lipinski definition) is 2. The Morgan fingerprint density at radius 1 is 1.15 bits per heavy atom. The number of allylic oxidation sites excluding steroid dienone is 1. The van der Waals surface area contributed by atoms with E-state index in [1.54, 1.807) is 13.0 Å². The van der Waals surface area contributed by atoms with Gasteiger partial charge in [0.2, 0.25) is 0 Å². The lowest BCUT2D eigenvalue weighted by Crippen LogP contribution is -2.21. The van der Waals surface area contributed by atoms with Gasteiger partial charge in [-0.05, 0) is 62.3 Å². The van der Waals surface area contributed by atoms with Crippen molar-refractivity contribution in [2.75, 3.05) is 7.11 Å². The average Bonchev–Trinajstić information content (AvgIpc) is 3.23. The van der Waals surface area contributed by atoms with Crippen LogP contribution in [0.5, 0.6) is 5.75 Å². The van der Waals surface area contributed by atoms with Gasteiger partial charge in [0.05, 0.1) is 7.11 Å². The first-order valence-corrected chi connectivity index (χ1v) is 13.6. The van der Waals surface area contributed by atoms with E-state index in [0.717, 1.165) is 24.1 Å². The van der Waals surface area contributed by atoms with Crippen LogP contribution in [0.25, 0.3) is 10.9 Å². The first-order valence-electron chi connectivity index (χ1n) is 13.6. The van der Waals surface area contributed by atoms with Crippen molar-refractivity contribution in [3.8, 4) is 5.75 Å². The summed E-state index contributed by atoms with van der Waals surface area (Å²) in [4.78, 5) is 36.9. The fraction of sp³-hybridized carbons (Fsp3) is 0.452. The van der Waals surface area contributed by atoms with Crippen LogP contribution in [-0.2, 0) is 24.6 Å². The Morgan fingerprint density at radius 3 is 2.62 bits per heavy atom. The van der Waals surface area contributed by atoms with E-state index >= 15 is 0 Å². The molecule has 2 heterocycles. The highest BCUT2D eigenvalue weighted by Crippen LogP contribution is 2.28. The van der Waals surface area contributed by atoms with E-state index in [-0.39, 0.29) is 17.2 Å². The van der Waals surface area contributed by atoms with E-state index in [1.807, 2.05) is 14.0 Å². The number of ether oxygens (including phenoxy) is 1. The van der Waals surface area contributed by atoms with Gasteiger partial charge in [0, 0.05) is 47.7 Å². The third kappa shape index (κ3) is 7.62. The first-order chi connectivity index (χ1) is 18.7. The zero-order chi connectivity index (χ0) is 28.5. The Balaban J connectivity index is 1.63. The topological polar surface area (TPSA) is 111 Å². The second-order valence-corrected chi connectivity index (χ2v) is 10.2. The number of amides is 1. The number of aromatic hydroxyl groups is 1. The summed E-state index contributed by atoms with van der Waals surface area (Å²) < 4.78 is 12.1. The molecule has 0 radical (unpaired) electrons. The van der Waals surface area contributed by atoms with Crippen LogP contribution in [0.1, 0.15) is 86.2 Å². The molecule has 2 unspecified atom stereocenters. The normalized spacial score (nSPS) is 13.1. The summed E-state index contributed by atoms with van der Waals surface area (Å²) in [7, 11) is 3.31. The molecule has 1 aromatic carbocycles. The van der Waals surface area contributed by atoms with Crippen LogP contribution >= 0.6 is 0 Å². The predicted octanol–water partition coefficient (Wildman–Crippen LogP) is 6.38. The quantitative estimate of drug-likeness (QED) is 0.245. The van der Waals surface area contributed by atoms with E-state index in [2.05, 4.69) is 45.8 Å². The number of Topliss-reactive ketones (excluding diaryl/α,β-unsaturated/α-hetero) is 1. The van der Waals surface area contributed by atoms with Gasteiger partial charge in [-0.25, -0.2) is 9.59 Å². The van der Waals surface area contributed by atoms with Crippen LogP contribution in [-0.4, -0.2) is 28.7 Å². The lowest BCUT2D eigenvalue weighted by molar-refractivity contribution is 0.0916. The Labute approximate surface area is 229 Å². The summed E-state index contributed by atoms with van der Waals surface area (Å²) in [6, 6.07) is 10.1. The molecule has 0 aliphatic heterocycles. The van der Waals surface area contributed by atoms with Crippen LogP contribution in [0.4, 0.5) is 4.79 Å². The number of rotatable bonds is 13. The fourth-order valence-corrected chi connectivity index (χ4v) is 4.70. The van der Waals surface area contributed by atoms with Gasteiger partial charge in [-0.15, -0.1) is 0 Å². The summed E-state index contributed by atoms with van der Waals surface area (Å²) in [6.07, 6.45) is 8.49. The lowest BCUT2D eigenvalue weighted by atomic mass is 9.94. The molecular formula is C31H40N2O6. The summed E-state index contributed by atoms with van der Waals surface area (Å²) in [5, 5.41) is 14.2. The van der Waals surface area contributed by atoms with E-state index in [0.29, 0.717) is 31.4 Å². The van der Waals surface area contributed by atoms with Crippen molar-refractivity contribution in [3.63, 3.8) is 0 Å². The largest absolute Gasteiger partial charge is 0.507 e. The highest BCUT2D eigenvalue weighted by Gasteiger charge is 2.25. The van der Waals surface area contributed by atoms with E-state index in [9.17, 15) is 19.5 Å². The molecule has 39 heavy (non-hydrogen) atoms. The van der Waals surface area contributed by atoms with Crippen molar-refractivity contribution in [1.29, 1.82) is 0 Å². The predicted molar refractivity (Wildman–Crippen MR) is 152 cm³/mol. The van der Waals surface area contributed by atoms with Crippen LogP contribution in [0.15, 0.2) is 51.8 Å². The fourth-order valence-electron chi connectivity index (χ4n) is 4.70. The Hall–Kier alpha value is -3.81. The maximum atomic E-state index is 13.1. The molecular weight excluding hydrogens is 496 g/mol. The summed E-state index contributed by atoms with van der Waals surface area (Å²) in [6.45, 7) is 5.83. The molecule has 0 aliphatic carbocycles. The highest BCUT2D eigenvalue weighted by molar-refractivity contribution is 5.99. The van der Waals surface area contributed by atoms with Crippen molar-refractivity contribution in [2.45, 2.75) is 71.6 Å². The summed E-state index contributed by atoms with van der Waals surface area (Å²) >= 11 is 0. The zero-order valence-corrected chi connectivity index (χ0v) is 23.6. The monoisotopic (exact) mass is 536 g/mol. The smallest absolute Gasteiger partial charge is 0.410 e. The van der Waals surface area contributed by atoms with Gasteiger partial charge in [-0.2, -0.15) is 0 Å². The molecule has 2 aromatic heterocycles. The molecule has 3 aromatic rings. The highest BCUT2D eigenvalue weighted by atomic mass is 16.5. The molecule has 0 aliphatic rings. The van der Waals surface area contributed by atoms with Crippen molar-refractivity contribution < 1.29 is 23.8 Å². The molecule has 0 spiro atoms. The number of aromatic nitrogens is 1. The van der Waals surface area contributed by atoms with E-state index in [4.69, 9.17) is 4.42 Å². The second-order valence-electron chi connectivity index (χ2n) is 10.2. The molecule has 3 rings (SSSR count). The molecule has 0 fully saturated rings. The number of hydrogen-bond acceptors (Lipinski definition) is 6. The maximum Gasteiger partial charge on any atom is 0.410 e. The first kappa shape index (κ1) is 29.7. The van der Waals surface area contributed by atoms with Crippen molar-refractivity contribution in [1.82, 2.24) is 9.88 Å². The van der Waals surface area contributed by atoms with Crippen molar-refractivity contribution >= 4 is 22.8 Å². The molecule has 2 N–H and O–H groups in total. The van der Waals surface area contributed by atoms with Gasteiger partial charge in [0.1, 0.15) is 17.1 Å². The third-order valence-corrected chi connectivity index (χ3v) is 7.26. The SMILES string of the molecule is CCCCc1ccc2c(c1)cc(CCC(C)C(=O)c1c(O)cc(C(C)CC/C=C/NC(=O)OC)oc1=O)n2C. The number of unbranched alkanes of at least 4 members (excludes halogenated alkanes) is 1. The summed E-state index contributed by atoms with van der Waals surface area (Å²) in [5.74, 6) is -1.10. The number of alkyl carbamates (subject to hydrolysis) is 1. The van der Waals surface area contributed by atoms with Crippen LogP contribution in [0.2, 0.25) is 0 Å². The number of carbonyl (C=O) groups excluding carboxylic acids is 2. The molecule has 0 saturated carbocycles. The number of carbonyl (C=O) groups is 2. The number of nitrogens with one attached hydrogen (secondary N) is 1. The maximum absolute atomic E-state index is 13.1. The van der Waals surface area contributed by atoms with Crippen LogP contribution in [0, 0.1) is 5.92 Å². The number of benzene rings is 1. The minimum Gasteiger partial charge on any atom is -0.507 e. The Morgan fingerprint density at radius 2 is 1.92 bits per heavy atom. The second kappa shape index (κ2) is 13.8. The average molecular weight is 537 g/mol. The number of fused-ring (bicyclic) bond motifs is 1. The van der Waals surface area contributed by atoms with E-state index in [1.165, 1.54) is 36.7 Å². The van der Waals surface area contributed by atoms with Gasteiger partial charge >= 0.3 is 11.7 Å². The van der Waals surface area contributed by atoms with Gasteiger partial charge in [0.25, 0.3) is 0 Å². The molecule has 0 saturated heterocycles. The van der Waals surface area contributed by atoms with Crippen LogP contribution in [0.3, 0.4) is 0 Å². The third-order valence-electron chi connectivity index (χ3n) is 7.26. The standard InChI is InChI=1S/C31H40N2O6/c1-6-7-11-22-13-15-25-23(17-22)18-24(33(25)4)14-12-21(3)29(35)28-26(34)19-27(39-30(28)36)20(2)10-8-9-16-32-31(37)38-5/h9,13,15-21,34H,6-8,10-12,14H2,1-5H3,(H,32,37)/b16-9+. The zero-order valence-electron chi connectivity index (χ0n) is 23.6. The van der Waals surface area contributed by atoms with Gasteiger partial charge in [0.15, 0.2) is 5.78 Å². The Bertz CT molecular complexity index is 1380.